The summed E-state index contributed by atoms with van der Waals surface area (Å²) in [5, 5.41) is 8.61. The molecule has 17 heavy (non-hydrogen) atoms. The Hall–Kier alpha value is -0.640. The molecule has 1 saturated carbocycles. The zero-order valence-electron chi connectivity index (χ0n) is 10.0. The molecule has 1 saturated heterocycles. The zero-order chi connectivity index (χ0) is 12.3. The Morgan fingerprint density at radius 3 is 2.47 bits per heavy atom. The van der Waals surface area contributed by atoms with Gasteiger partial charge in [-0.05, 0) is 31.6 Å². The molecule has 0 unspecified atom stereocenters. The molecule has 0 aromatic heterocycles. The largest absolute Gasteiger partial charge is 0.282 e. The molecule has 1 aliphatic carbocycles. The Bertz CT molecular complexity index is 391. The van der Waals surface area contributed by atoms with Crippen molar-refractivity contribution in [1.29, 1.82) is 5.26 Å². The summed E-state index contributed by atoms with van der Waals surface area (Å²) in [4.78, 5) is 0. The van der Waals surface area contributed by atoms with E-state index in [0.29, 0.717) is 32.1 Å². The van der Waals surface area contributed by atoms with Gasteiger partial charge in [0.1, 0.15) is 0 Å². The first-order valence-corrected chi connectivity index (χ1v) is 7.66. The first kappa shape index (κ1) is 12.8. The van der Waals surface area contributed by atoms with Crippen molar-refractivity contribution in [2.75, 3.05) is 26.2 Å². The van der Waals surface area contributed by atoms with Crippen molar-refractivity contribution in [2.45, 2.75) is 32.1 Å². The van der Waals surface area contributed by atoms with Crippen LogP contribution in [0.25, 0.3) is 0 Å². The van der Waals surface area contributed by atoms with Crippen LogP contribution in [-0.2, 0) is 10.2 Å². The number of hydrogen-bond acceptors (Lipinski definition) is 3. The van der Waals surface area contributed by atoms with Gasteiger partial charge in [-0.15, -0.1) is 0 Å². The van der Waals surface area contributed by atoms with E-state index in [0.717, 1.165) is 25.7 Å². The fraction of sp³-hybridized carbons (Fsp3) is 0.909. The Balaban J connectivity index is 2.03. The Kier molecular flexibility index (Phi) is 4.02. The highest BCUT2D eigenvalue weighted by molar-refractivity contribution is 7.86. The number of hydrogen-bond donors (Lipinski definition) is 0. The highest BCUT2D eigenvalue weighted by Crippen LogP contribution is 2.31. The molecule has 0 aromatic rings. The molecular weight excluding hydrogens is 238 g/mol. The Morgan fingerprint density at radius 2 is 1.94 bits per heavy atom. The molecule has 2 rings (SSSR count). The number of rotatable bonds is 6. The fourth-order valence-corrected chi connectivity index (χ4v) is 3.91. The van der Waals surface area contributed by atoms with E-state index >= 15 is 0 Å². The van der Waals surface area contributed by atoms with Gasteiger partial charge >= 0.3 is 0 Å². The van der Waals surface area contributed by atoms with E-state index in [1.807, 2.05) is 6.07 Å². The van der Waals surface area contributed by atoms with Crippen molar-refractivity contribution in [3.63, 3.8) is 0 Å². The van der Waals surface area contributed by atoms with Crippen molar-refractivity contribution >= 4 is 10.2 Å². The van der Waals surface area contributed by atoms with E-state index in [1.54, 1.807) is 4.31 Å². The average molecular weight is 257 g/mol. The first-order chi connectivity index (χ1) is 8.14. The average Bonchev–Trinajstić information content (AvgIpc) is 2.94. The highest BCUT2D eigenvalue weighted by Gasteiger charge is 2.35. The predicted octanol–water partition coefficient (Wildman–Crippen LogP) is 0.953. The maximum atomic E-state index is 12.3. The van der Waals surface area contributed by atoms with E-state index in [2.05, 4.69) is 0 Å². The topological polar surface area (TPSA) is 64.4 Å². The molecule has 0 atom stereocenters. The monoisotopic (exact) mass is 257 g/mol. The molecule has 2 aliphatic rings. The van der Waals surface area contributed by atoms with Crippen LogP contribution < -0.4 is 0 Å². The number of nitrogens with zero attached hydrogens (tertiary/aromatic N) is 3. The van der Waals surface area contributed by atoms with Gasteiger partial charge < -0.3 is 0 Å². The van der Waals surface area contributed by atoms with Crippen molar-refractivity contribution in [2.24, 2.45) is 5.92 Å². The maximum absolute atomic E-state index is 12.3. The lowest BCUT2D eigenvalue weighted by atomic mass is 10.4. The smallest absolute Gasteiger partial charge is 0.198 e. The van der Waals surface area contributed by atoms with Crippen LogP contribution in [-0.4, -0.2) is 43.2 Å². The second-order valence-electron chi connectivity index (χ2n) is 4.82. The summed E-state index contributed by atoms with van der Waals surface area (Å²) in [6.45, 7) is 2.21. The molecule has 0 bridgehead atoms. The Morgan fingerprint density at radius 1 is 1.29 bits per heavy atom. The molecule has 0 amide bonds. The van der Waals surface area contributed by atoms with E-state index in [4.69, 9.17) is 5.26 Å². The van der Waals surface area contributed by atoms with Gasteiger partial charge in [0.2, 0.25) is 0 Å². The number of nitriles is 1. The van der Waals surface area contributed by atoms with Crippen LogP contribution in [0.3, 0.4) is 0 Å². The van der Waals surface area contributed by atoms with E-state index in [-0.39, 0.29) is 6.42 Å². The highest BCUT2D eigenvalue weighted by atomic mass is 32.2. The van der Waals surface area contributed by atoms with Gasteiger partial charge in [-0.2, -0.15) is 22.3 Å². The lowest BCUT2D eigenvalue weighted by molar-refractivity contribution is 0.354. The van der Waals surface area contributed by atoms with Crippen LogP contribution in [0.2, 0.25) is 0 Å². The summed E-state index contributed by atoms with van der Waals surface area (Å²) >= 11 is 0. The van der Waals surface area contributed by atoms with Crippen molar-refractivity contribution < 1.29 is 8.42 Å². The SMILES string of the molecule is N#CCCN(CC1CC1)S(=O)(=O)N1CCCC1. The third kappa shape index (κ3) is 3.18. The van der Waals surface area contributed by atoms with Crippen LogP contribution in [0.5, 0.6) is 0 Å². The molecule has 2 fully saturated rings. The summed E-state index contributed by atoms with van der Waals surface area (Å²) in [5.41, 5.74) is 0. The molecule has 96 valence electrons. The zero-order valence-corrected chi connectivity index (χ0v) is 10.8. The van der Waals surface area contributed by atoms with Crippen molar-refractivity contribution in [1.82, 2.24) is 8.61 Å². The van der Waals surface area contributed by atoms with Crippen molar-refractivity contribution in [3.8, 4) is 6.07 Å². The molecule has 0 N–H and O–H groups in total. The minimum absolute atomic E-state index is 0.278. The van der Waals surface area contributed by atoms with Gasteiger partial charge in [-0.1, -0.05) is 0 Å². The summed E-state index contributed by atoms with van der Waals surface area (Å²) in [6.07, 6.45) is 4.43. The first-order valence-electron chi connectivity index (χ1n) is 6.27. The van der Waals surface area contributed by atoms with Crippen LogP contribution >= 0.6 is 0 Å². The standard InChI is InChI=1S/C11H19N3O2S/c12-6-3-9-14(10-11-4-5-11)17(15,16)13-7-1-2-8-13/h11H,1-5,7-10H2. The summed E-state index contributed by atoms with van der Waals surface area (Å²) in [5.74, 6) is 0.520. The second kappa shape index (κ2) is 5.34. The molecular formula is C11H19N3O2S. The third-order valence-corrected chi connectivity index (χ3v) is 5.35. The molecule has 6 heteroatoms. The Labute approximate surface area is 103 Å². The van der Waals surface area contributed by atoms with Gasteiger partial charge in [-0.25, -0.2) is 0 Å². The molecule has 0 spiro atoms. The van der Waals surface area contributed by atoms with E-state index in [1.165, 1.54) is 4.31 Å². The lowest BCUT2D eigenvalue weighted by Gasteiger charge is -2.26. The molecule has 1 heterocycles. The molecule has 1 aliphatic heterocycles. The van der Waals surface area contributed by atoms with Gasteiger partial charge in [-0.3, -0.25) is 0 Å². The normalized spacial score (nSPS) is 21.9. The van der Waals surface area contributed by atoms with Gasteiger partial charge in [0, 0.05) is 32.6 Å². The van der Waals surface area contributed by atoms with E-state index < -0.39 is 10.2 Å². The lowest BCUT2D eigenvalue weighted by Crippen LogP contribution is -2.43. The van der Waals surface area contributed by atoms with Crippen LogP contribution in [0.4, 0.5) is 0 Å². The molecule has 5 nitrogen and oxygen atoms in total. The second-order valence-corrected chi connectivity index (χ2v) is 6.75. The van der Waals surface area contributed by atoms with Crippen molar-refractivity contribution in [3.05, 3.63) is 0 Å². The van der Waals surface area contributed by atoms with E-state index in [9.17, 15) is 8.42 Å². The minimum atomic E-state index is -3.31. The van der Waals surface area contributed by atoms with Crippen LogP contribution in [0, 0.1) is 17.2 Å². The summed E-state index contributed by atoms with van der Waals surface area (Å²) < 4.78 is 27.8. The van der Waals surface area contributed by atoms with Gasteiger partial charge in [0.15, 0.2) is 0 Å². The van der Waals surface area contributed by atoms with Crippen LogP contribution in [0.1, 0.15) is 32.1 Å². The quantitative estimate of drug-likeness (QED) is 0.711. The van der Waals surface area contributed by atoms with Crippen LogP contribution in [0.15, 0.2) is 0 Å². The maximum Gasteiger partial charge on any atom is 0.282 e. The minimum Gasteiger partial charge on any atom is -0.198 e. The molecule has 0 radical (unpaired) electrons. The third-order valence-electron chi connectivity index (χ3n) is 3.35. The fourth-order valence-electron chi connectivity index (χ4n) is 2.15. The summed E-state index contributed by atoms with van der Waals surface area (Å²) in [7, 11) is -3.31. The predicted molar refractivity (Wildman–Crippen MR) is 64.3 cm³/mol. The molecule has 0 aromatic carbocycles. The van der Waals surface area contributed by atoms with Gasteiger partial charge in [0.05, 0.1) is 6.07 Å². The van der Waals surface area contributed by atoms with Gasteiger partial charge in [0.25, 0.3) is 10.2 Å². The summed E-state index contributed by atoms with van der Waals surface area (Å²) in [6, 6.07) is 2.03.